The van der Waals surface area contributed by atoms with Gasteiger partial charge in [0, 0.05) is 38.9 Å². The first-order valence-corrected chi connectivity index (χ1v) is 12.2. The van der Waals surface area contributed by atoms with Crippen LogP contribution in [0.3, 0.4) is 0 Å². The summed E-state index contributed by atoms with van der Waals surface area (Å²) in [6.07, 6.45) is 1.79. The molecule has 0 radical (unpaired) electrons. The van der Waals surface area contributed by atoms with Crippen molar-refractivity contribution in [1.29, 1.82) is 0 Å². The van der Waals surface area contributed by atoms with E-state index < -0.39 is 17.6 Å². The van der Waals surface area contributed by atoms with E-state index in [4.69, 9.17) is 14.2 Å². The van der Waals surface area contributed by atoms with Gasteiger partial charge in [0.15, 0.2) is 11.3 Å². The molecule has 2 fully saturated rings. The average Bonchev–Trinajstić information content (AvgIpc) is 2.93. The minimum Gasteiger partial charge on any atom is -0.481 e. The van der Waals surface area contributed by atoms with Crippen molar-refractivity contribution in [3.63, 3.8) is 0 Å². The molecule has 0 unspecified atom stereocenters. The molecular formula is C26H29N5O6. The van der Waals surface area contributed by atoms with Crippen LogP contribution in [0.25, 0.3) is 5.65 Å². The third-order valence-corrected chi connectivity index (χ3v) is 6.59. The lowest BCUT2D eigenvalue weighted by Gasteiger charge is -2.35. The Hall–Kier alpha value is -4.12. The number of cyclic esters (lactones) is 1. The molecule has 194 valence electrons. The van der Waals surface area contributed by atoms with E-state index in [9.17, 15) is 14.4 Å². The first-order valence-electron chi connectivity index (χ1n) is 12.2. The number of pyridine rings is 1. The number of aromatic nitrogens is 2. The van der Waals surface area contributed by atoms with Crippen LogP contribution in [-0.4, -0.2) is 79.8 Å². The highest BCUT2D eigenvalue weighted by molar-refractivity contribution is 5.96. The summed E-state index contributed by atoms with van der Waals surface area (Å²) in [4.78, 5) is 49.6. The zero-order valence-corrected chi connectivity index (χ0v) is 20.9. The molecule has 0 spiro atoms. The largest absolute Gasteiger partial charge is 0.481 e. The minimum absolute atomic E-state index is 0.0667. The lowest BCUT2D eigenvalue weighted by atomic mass is 10.2. The van der Waals surface area contributed by atoms with E-state index in [1.165, 1.54) is 16.4 Å². The molecule has 11 nitrogen and oxygen atoms in total. The van der Waals surface area contributed by atoms with E-state index in [0.29, 0.717) is 25.3 Å². The SMILES string of the molecule is COC(=O)c1nc2c(N3CCCOC3=O)cc(N3CCN(C)CC3)cn2c(=O)c1OCc1ccccc1. The van der Waals surface area contributed by atoms with Crippen molar-refractivity contribution in [3.05, 3.63) is 64.2 Å². The van der Waals surface area contributed by atoms with Gasteiger partial charge in [-0.05, 0) is 25.1 Å². The molecular weight excluding hydrogens is 478 g/mol. The van der Waals surface area contributed by atoms with E-state index in [-0.39, 0.29) is 23.7 Å². The van der Waals surface area contributed by atoms with E-state index in [0.717, 1.165) is 37.4 Å². The second-order valence-corrected chi connectivity index (χ2v) is 9.05. The number of carbonyl (C=O) groups is 2. The van der Waals surface area contributed by atoms with E-state index in [2.05, 4.69) is 21.8 Å². The molecule has 0 bridgehead atoms. The molecule has 1 amide bonds. The Morgan fingerprint density at radius 3 is 2.54 bits per heavy atom. The third kappa shape index (κ3) is 4.94. The number of amides is 1. The summed E-state index contributed by atoms with van der Waals surface area (Å²) in [5.41, 5.74) is 1.31. The van der Waals surface area contributed by atoms with Gasteiger partial charge in [0.25, 0.3) is 0 Å². The molecule has 4 heterocycles. The maximum absolute atomic E-state index is 13.8. The van der Waals surface area contributed by atoms with E-state index in [1.54, 1.807) is 6.20 Å². The molecule has 2 aliphatic heterocycles. The highest BCUT2D eigenvalue weighted by Gasteiger charge is 2.29. The number of likely N-dealkylation sites (N-methyl/N-ethyl adjacent to an activating group) is 1. The second-order valence-electron chi connectivity index (χ2n) is 9.05. The molecule has 2 saturated heterocycles. The number of rotatable bonds is 6. The summed E-state index contributed by atoms with van der Waals surface area (Å²) in [6, 6.07) is 11.1. The van der Waals surface area contributed by atoms with Crippen molar-refractivity contribution in [3.8, 4) is 5.75 Å². The van der Waals surface area contributed by atoms with Crippen molar-refractivity contribution in [2.24, 2.45) is 0 Å². The molecule has 5 rings (SSSR count). The molecule has 1 aromatic carbocycles. The Balaban J connectivity index is 1.68. The van der Waals surface area contributed by atoms with Gasteiger partial charge in [0.2, 0.25) is 5.75 Å². The van der Waals surface area contributed by atoms with Crippen LogP contribution in [0.1, 0.15) is 22.5 Å². The number of piperazine rings is 1. The third-order valence-electron chi connectivity index (χ3n) is 6.59. The standard InChI is InChI=1S/C26H29N5O6/c1-28-10-12-29(13-11-28)19-15-20(30-9-6-14-36-26(30)34)23-27-21(25(33)35-2)22(24(32)31(23)16-19)37-17-18-7-4-3-5-8-18/h3-5,7-8,15-16H,6,9-14,17H2,1-2H3. The Kier molecular flexibility index (Phi) is 6.95. The van der Waals surface area contributed by atoms with Gasteiger partial charge in [-0.15, -0.1) is 0 Å². The Bertz CT molecular complexity index is 1370. The highest BCUT2D eigenvalue weighted by Crippen LogP contribution is 2.30. The normalized spacial score (nSPS) is 16.5. The zero-order chi connectivity index (χ0) is 25.9. The Morgan fingerprint density at radius 1 is 1.08 bits per heavy atom. The van der Waals surface area contributed by atoms with Gasteiger partial charge >= 0.3 is 17.6 Å². The van der Waals surface area contributed by atoms with Crippen LogP contribution in [0.2, 0.25) is 0 Å². The molecule has 37 heavy (non-hydrogen) atoms. The number of methoxy groups -OCH3 is 1. The predicted octanol–water partition coefficient (Wildman–Crippen LogP) is 2.16. The van der Waals surface area contributed by atoms with E-state index >= 15 is 0 Å². The van der Waals surface area contributed by atoms with Crippen molar-refractivity contribution in [2.45, 2.75) is 13.0 Å². The van der Waals surface area contributed by atoms with Crippen LogP contribution in [-0.2, 0) is 16.1 Å². The molecule has 11 heteroatoms. The molecule has 2 aliphatic rings. The fourth-order valence-electron chi connectivity index (χ4n) is 4.49. The lowest BCUT2D eigenvalue weighted by molar-refractivity contribution is 0.0588. The maximum atomic E-state index is 13.8. The van der Waals surface area contributed by atoms with Crippen LogP contribution in [0.4, 0.5) is 16.2 Å². The van der Waals surface area contributed by atoms with Gasteiger partial charge in [-0.2, -0.15) is 0 Å². The summed E-state index contributed by atoms with van der Waals surface area (Å²) >= 11 is 0. The van der Waals surface area contributed by atoms with E-state index in [1.807, 2.05) is 36.4 Å². The summed E-state index contributed by atoms with van der Waals surface area (Å²) in [6.45, 7) is 4.02. The van der Waals surface area contributed by atoms with Crippen LogP contribution in [0.5, 0.6) is 5.75 Å². The molecule has 0 atom stereocenters. The average molecular weight is 508 g/mol. The number of benzene rings is 1. The summed E-state index contributed by atoms with van der Waals surface area (Å²) in [7, 11) is 3.28. The number of esters is 1. The lowest BCUT2D eigenvalue weighted by Crippen LogP contribution is -2.45. The van der Waals surface area contributed by atoms with Crippen molar-refractivity contribution in [1.82, 2.24) is 14.3 Å². The molecule has 2 aromatic heterocycles. The quantitative estimate of drug-likeness (QED) is 0.464. The van der Waals surface area contributed by atoms with Crippen molar-refractivity contribution < 1.29 is 23.8 Å². The fraction of sp³-hybridized carbons (Fsp3) is 0.385. The number of hydrogen-bond acceptors (Lipinski definition) is 9. The molecule has 0 aliphatic carbocycles. The summed E-state index contributed by atoms with van der Waals surface area (Å²) < 4.78 is 17.4. The number of carbonyl (C=O) groups excluding carboxylic acids is 2. The van der Waals surface area contributed by atoms with Crippen LogP contribution < -0.4 is 20.1 Å². The van der Waals surface area contributed by atoms with Crippen molar-refractivity contribution >= 4 is 29.1 Å². The first kappa shape index (κ1) is 24.6. The smallest absolute Gasteiger partial charge is 0.414 e. The van der Waals surface area contributed by atoms with Gasteiger partial charge in [0.05, 0.1) is 25.1 Å². The maximum Gasteiger partial charge on any atom is 0.414 e. The molecule has 0 N–H and O–H groups in total. The van der Waals surface area contributed by atoms with Crippen LogP contribution >= 0.6 is 0 Å². The number of hydrogen-bond donors (Lipinski definition) is 0. The number of anilines is 2. The number of ether oxygens (including phenoxy) is 3. The zero-order valence-electron chi connectivity index (χ0n) is 20.9. The Morgan fingerprint density at radius 2 is 1.84 bits per heavy atom. The van der Waals surface area contributed by atoms with Gasteiger partial charge < -0.3 is 24.0 Å². The summed E-state index contributed by atoms with van der Waals surface area (Å²) in [5, 5.41) is 0. The van der Waals surface area contributed by atoms with Crippen molar-refractivity contribution in [2.75, 3.05) is 63.3 Å². The fourth-order valence-corrected chi connectivity index (χ4v) is 4.49. The summed E-state index contributed by atoms with van der Waals surface area (Å²) in [5.74, 6) is -1.02. The Labute approximate surface area is 213 Å². The number of fused-ring (bicyclic) bond motifs is 1. The van der Waals surface area contributed by atoms with Crippen LogP contribution in [0, 0.1) is 0 Å². The minimum atomic E-state index is -0.807. The molecule has 0 saturated carbocycles. The van der Waals surface area contributed by atoms with Gasteiger partial charge in [0.1, 0.15) is 6.61 Å². The predicted molar refractivity (Wildman–Crippen MR) is 137 cm³/mol. The second kappa shape index (κ2) is 10.5. The highest BCUT2D eigenvalue weighted by atomic mass is 16.6. The molecule has 3 aromatic rings. The monoisotopic (exact) mass is 507 g/mol. The van der Waals surface area contributed by atoms with Crippen LogP contribution in [0.15, 0.2) is 47.4 Å². The topological polar surface area (TPSA) is 106 Å². The number of nitrogens with zero attached hydrogens (tertiary/aromatic N) is 5. The van der Waals surface area contributed by atoms with Gasteiger partial charge in [-0.3, -0.25) is 14.1 Å². The van der Waals surface area contributed by atoms with Gasteiger partial charge in [-0.25, -0.2) is 14.6 Å². The first-order chi connectivity index (χ1) is 18.0. The van der Waals surface area contributed by atoms with Gasteiger partial charge in [-0.1, -0.05) is 30.3 Å².